The van der Waals surface area contributed by atoms with Crippen molar-refractivity contribution in [3.05, 3.63) is 47.4 Å². The summed E-state index contributed by atoms with van der Waals surface area (Å²) in [5.41, 5.74) is 0.574. The number of carbonyl (C=O) groups excluding carboxylic acids is 1. The lowest BCUT2D eigenvalue weighted by molar-refractivity contribution is 0.0774. The molecular weight excluding hydrogens is 270 g/mol. The second-order valence-corrected chi connectivity index (χ2v) is 5.03. The molecule has 0 aliphatic carbocycles. The molecule has 0 N–H and O–H groups in total. The number of hydrogen-bond donors (Lipinski definition) is 0. The van der Waals surface area contributed by atoms with Crippen molar-refractivity contribution in [3.8, 4) is 11.5 Å². The smallest absolute Gasteiger partial charge is 0.254 e. The first-order valence-corrected chi connectivity index (χ1v) is 6.84. The fourth-order valence-corrected chi connectivity index (χ4v) is 2.27. The molecule has 5 nitrogen and oxygen atoms in total. The molecule has 1 aromatic heterocycles. The van der Waals surface area contributed by atoms with E-state index in [1.165, 1.54) is 0 Å². The zero-order valence-electron chi connectivity index (χ0n) is 12.1. The minimum Gasteiger partial charge on any atom is -0.486 e. The maximum Gasteiger partial charge on any atom is 0.254 e. The van der Waals surface area contributed by atoms with Crippen molar-refractivity contribution in [2.75, 3.05) is 20.3 Å². The van der Waals surface area contributed by atoms with Gasteiger partial charge in [0, 0.05) is 12.6 Å². The summed E-state index contributed by atoms with van der Waals surface area (Å²) in [5.74, 6) is 2.82. The Kier molecular flexibility index (Phi) is 3.56. The van der Waals surface area contributed by atoms with Gasteiger partial charge < -0.3 is 18.8 Å². The molecule has 1 aliphatic heterocycles. The van der Waals surface area contributed by atoms with E-state index in [-0.39, 0.29) is 5.91 Å². The Balaban J connectivity index is 1.75. The van der Waals surface area contributed by atoms with Crippen molar-refractivity contribution in [2.45, 2.75) is 13.5 Å². The molecule has 3 rings (SSSR count). The first-order chi connectivity index (χ1) is 10.1. The van der Waals surface area contributed by atoms with Gasteiger partial charge in [-0.15, -0.1) is 0 Å². The Morgan fingerprint density at radius 3 is 2.62 bits per heavy atom. The Morgan fingerprint density at radius 2 is 1.90 bits per heavy atom. The SMILES string of the molecule is Cc1ccc(CN(C)C(=O)c2ccc3c(c2)OCCO3)o1. The Morgan fingerprint density at radius 1 is 1.14 bits per heavy atom. The number of ether oxygens (including phenoxy) is 2. The van der Waals surface area contributed by atoms with Crippen LogP contribution in [0.3, 0.4) is 0 Å². The van der Waals surface area contributed by atoms with Crippen LogP contribution < -0.4 is 9.47 Å². The van der Waals surface area contributed by atoms with Crippen LogP contribution >= 0.6 is 0 Å². The van der Waals surface area contributed by atoms with Gasteiger partial charge in [0.25, 0.3) is 5.91 Å². The van der Waals surface area contributed by atoms with Crippen LogP contribution in [0.5, 0.6) is 11.5 Å². The maximum atomic E-state index is 12.4. The molecular formula is C16H17NO4. The zero-order chi connectivity index (χ0) is 14.8. The van der Waals surface area contributed by atoms with Gasteiger partial charge in [-0.2, -0.15) is 0 Å². The van der Waals surface area contributed by atoms with Gasteiger partial charge in [-0.3, -0.25) is 4.79 Å². The van der Waals surface area contributed by atoms with Crippen LogP contribution in [0.2, 0.25) is 0 Å². The molecule has 0 unspecified atom stereocenters. The molecule has 0 saturated heterocycles. The number of benzene rings is 1. The molecule has 110 valence electrons. The van der Waals surface area contributed by atoms with Crippen molar-refractivity contribution in [1.82, 2.24) is 4.90 Å². The number of carbonyl (C=O) groups is 1. The Labute approximate surface area is 123 Å². The lowest BCUT2D eigenvalue weighted by Crippen LogP contribution is -2.26. The van der Waals surface area contributed by atoms with Crippen LogP contribution in [-0.2, 0) is 6.54 Å². The second kappa shape index (κ2) is 5.52. The monoisotopic (exact) mass is 287 g/mol. The highest BCUT2D eigenvalue weighted by atomic mass is 16.6. The van der Waals surface area contributed by atoms with E-state index in [4.69, 9.17) is 13.9 Å². The van der Waals surface area contributed by atoms with Gasteiger partial charge in [-0.1, -0.05) is 0 Å². The van der Waals surface area contributed by atoms with Crippen molar-refractivity contribution < 1.29 is 18.7 Å². The number of nitrogens with zero attached hydrogens (tertiary/aromatic N) is 1. The number of amides is 1. The van der Waals surface area contributed by atoms with E-state index >= 15 is 0 Å². The molecule has 21 heavy (non-hydrogen) atoms. The zero-order valence-corrected chi connectivity index (χ0v) is 12.1. The Bertz CT molecular complexity index is 662. The third kappa shape index (κ3) is 2.86. The topological polar surface area (TPSA) is 51.9 Å². The summed E-state index contributed by atoms with van der Waals surface area (Å²) in [6.45, 7) is 3.36. The second-order valence-electron chi connectivity index (χ2n) is 5.03. The van der Waals surface area contributed by atoms with Gasteiger partial charge in [0.05, 0.1) is 6.54 Å². The van der Waals surface area contributed by atoms with Gasteiger partial charge in [0.15, 0.2) is 11.5 Å². The standard InChI is InChI=1S/C16H17NO4/c1-11-3-5-13(21-11)10-17(2)16(18)12-4-6-14-15(9-12)20-8-7-19-14/h3-6,9H,7-8,10H2,1-2H3. The minimum absolute atomic E-state index is 0.0824. The van der Waals surface area contributed by atoms with Crippen molar-refractivity contribution in [3.63, 3.8) is 0 Å². The van der Waals surface area contributed by atoms with Crippen LogP contribution in [-0.4, -0.2) is 31.1 Å². The van der Waals surface area contributed by atoms with Gasteiger partial charge in [0.1, 0.15) is 24.7 Å². The molecule has 1 amide bonds. The summed E-state index contributed by atoms with van der Waals surface area (Å²) < 4.78 is 16.4. The third-order valence-corrected chi connectivity index (χ3v) is 3.32. The van der Waals surface area contributed by atoms with Gasteiger partial charge in [-0.05, 0) is 37.3 Å². The summed E-state index contributed by atoms with van der Waals surface area (Å²) >= 11 is 0. The number of aryl methyl sites for hydroxylation is 1. The van der Waals surface area contributed by atoms with Gasteiger partial charge in [-0.25, -0.2) is 0 Å². The molecule has 2 aromatic rings. The summed E-state index contributed by atoms with van der Waals surface area (Å²) in [7, 11) is 1.75. The summed E-state index contributed by atoms with van der Waals surface area (Å²) in [5, 5.41) is 0. The molecule has 0 spiro atoms. The van der Waals surface area contributed by atoms with E-state index in [1.807, 2.05) is 19.1 Å². The van der Waals surface area contributed by atoms with Crippen LogP contribution in [0.15, 0.2) is 34.7 Å². The Hall–Kier alpha value is -2.43. The molecule has 1 aromatic carbocycles. The number of hydrogen-bond acceptors (Lipinski definition) is 4. The predicted molar refractivity (Wildman–Crippen MR) is 76.7 cm³/mol. The van der Waals surface area contributed by atoms with E-state index in [9.17, 15) is 4.79 Å². The lowest BCUT2D eigenvalue weighted by atomic mass is 10.1. The minimum atomic E-state index is -0.0824. The molecule has 0 bridgehead atoms. The lowest BCUT2D eigenvalue weighted by Gasteiger charge is -2.20. The first-order valence-electron chi connectivity index (χ1n) is 6.84. The van der Waals surface area contributed by atoms with E-state index in [1.54, 1.807) is 30.1 Å². The molecule has 0 fully saturated rings. The quantitative estimate of drug-likeness (QED) is 0.871. The van der Waals surface area contributed by atoms with Crippen molar-refractivity contribution >= 4 is 5.91 Å². The summed E-state index contributed by atoms with van der Waals surface area (Å²) in [6, 6.07) is 9.01. The molecule has 0 radical (unpaired) electrons. The molecule has 1 aliphatic rings. The highest BCUT2D eigenvalue weighted by Crippen LogP contribution is 2.31. The van der Waals surface area contributed by atoms with E-state index < -0.39 is 0 Å². The fourth-order valence-electron chi connectivity index (χ4n) is 2.27. The predicted octanol–water partition coefficient (Wildman–Crippen LogP) is 2.63. The molecule has 2 heterocycles. The normalized spacial score (nSPS) is 13.0. The van der Waals surface area contributed by atoms with Gasteiger partial charge >= 0.3 is 0 Å². The molecule has 0 atom stereocenters. The van der Waals surface area contributed by atoms with Crippen LogP contribution in [0.1, 0.15) is 21.9 Å². The van der Waals surface area contributed by atoms with E-state index in [0.29, 0.717) is 36.8 Å². The molecule has 0 saturated carbocycles. The van der Waals surface area contributed by atoms with Crippen LogP contribution in [0.25, 0.3) is 0 Å². The molecule has 5 heteroatoms. The van der Waals surface area contributed by atoms with E-state index in [0.717, 1.165) is 11.5 Å². The van der Waals surface area contributed by atoms with E-state index in [2.05, 4.69) is 0 Å². The summed E-state index contributed by atoms with van der Waals surface area (Å²) in [6.07, 6.45) is 0. The fraction of sp³-hybridized carbons (Fsp3) is 0.312. The van der Waals surface area contributed by atoms with Crippen molar-refractivity contribution in [1.29, 1.82) is 0 Å². The number of fused-ring (bicyclic) bond motifs is 1. The highest BCUT2D eigenvalue weighted by molar-refractivity contribution is 5.94. The summed E-state index contributed by atoms with van der Waals surface area (Å²) in [4.78, 5) is 14.0. The average molecular weight is 287 g/mol. The number of furan rings is 1. The van der Waals surface area contributed by atoms with Gasteiger partial charge in [0.2, 0.25) is 0 Å². The first kappa shape index (κ1) is 13.5. The maximum absolute atomic E-state index is 12.4. The van der Waals surface area contributed by atoms with Crippen LogP contribution in [0, 0.1) is 6.92 Å². The number of rotatable bonds is 3. The highest BCUT2D eigenvalue weighted by Gasteiger charge is 2.18. The largest absolute Gasteiger partial charge is 0.486 e. The van der Waals surface area contributed by atoms with Crippen molar-refractivity contribution in [2.24, 2.45) is 0 Å². The third-order valence-electron chi connectivity index (χ3n) is 3.32. The average Bonchev–Trinajstić information content (AvgIpc) is 2.91. The van der Waals surface area contributed by atoms with Crippen LogP contribution in [0.4, 0.5) is 0 Å².